The van der Waals surface area contributed by atoms with Gasteiger partial charge < -0.3 is 4.90 Å². The minimum absolute atomic E-state index is 0.0761. The first-order chi connectivity index (χ1) is 14.6. The zero-order valence-electron chi connectivity index (χ0n) is 18.5. The number of rotatable bonds is 2. The molecule has 0 aliphatic carbocycles. The van der Waals surface area contributed by atoms with E-state index >= 15 is 0 Å². The van der Waals surface area contributed by atoms with Crippen LogP contribution in [-0.2, 0) is 9.59 Å². The molecule has 0 aromatic heterocycles. The lowest BCUT2D eigenvalue weighted by atomic mass is 9.80. The van der Waals surface area contributed by atoms with Crippen LogP contribution in [0.25, 0.3) is 6.08 Å². The Hall–Kier alpha value is -2.99. The molecule has 0 saturated carbocycles. The zero-order chi connectivity index (χ0) is 22.5. The largest absolute Gasteiger partial charge is 0.369 e. The number of nitrogens with one attached hydrogen (secondary N) is 1. The Morgan fingerprint density at radius 3 is 2.61 bits per heavy atom. The van der Waals surface area contributed by atoms with Crippen molar-refractivity contribution in [1.82, 2.24) is 5.32 Å². The minimum atomic E-state index is -0.470. The summed E-state index contributed by atoms with van der Waals surface area (Å²) in [4.78, 5) is 29.6. The molecule has 0 radical (unpaired) electrons. The second kappa shape index (κ2) is 7.61. The van der Waals surface area contributed by atoms with Gasteiger partial charge in [0.1, 0.15) is 5.57 Å². The summed E-state index contributed by atoms with van der Waals surface area (Å²) in [5.74, 6) is -0.502. The number of carbonyl (C=O) groups is 2. The predicted molar refractivity (Wildman–Crippen MR) is 129 cm³/mol. The Balaban J connectivity index is 1.73. The highest BCUT2D eigenvalue weighted by Crippen LogP contribution is 2.42. The highest BCUT2D eigenvalue weighted by atomic mass is 32.1. The molecule has 5 nitrogen and oxygen atoms in total. The molecular weight excluding hydrogens is 406 g/mol. The Bertz CT molecular complexity index is 1140. The molecule has 2 aromatic rings. The van der Waals surface area contributed by atoms with Crippen LogP contribution in [0.4, 0.5) is 11.4 Å². The lowest BCUT2D eigenvalue weighted by molar-refractivity contribution is -0.122. The van der Waals surface area contributed by atoms with Crippen molar-refractivity contribution in [3.05, 3.63) is 64.7 Å². The van der Waals surface area contributed by atoms with Crippen LogP contribution in [0.1, 0.15) is 49.8 Å². The van der Waals surface area contributed by atoms with E-state index in [1.165, 1.54) is 16.2 Å². The van der Waals surface area contributed by atoms with E-state index in [0.29, 0.717) is 11.6 Å². The molecule has 0 bridgehead atoms. The molecule has 0 spiro atoms. The summed E-state index contributed by atoms with van der Waals surface area (Å²) >= 11 is 5.29. The van der Waals surface area contributed by atoms with Crippen molar-refractivity contribution < 1.29 is 9.59 Å². The Morgan fingerprint density at radius 1 is 1.16 bits per heavy atom. The van der Waals surface area contributed by atoms with Crippen LogP contribution in [0.2, 0.25) is 0 Å². The van der Waals surface area contributed by atoms with Gasteiger partial charge in [-0.3, -0.25) is 19.8 Å². The number of benzene rings is 2. The molecule has 160 valence electrons. The minimum Gasteiger partial charge on any atom is -0.369 e. The third-order valence-electron chi connectivity index (χ3n) is 6.33. The van der Waals surface area contributed by atoms with Crippen molar-refractivity contribution in [3.8, 4) is 0 Å². The van der Waals surface area contributed by atoms with Gasteiger partial charge in [-0.05, 0) is 92.4 Å². The quantitative estimate of drug-likeness (QED) is 0.429. The Kier molecular flexibility index (Phi) is 5.21. The van der Waals surface area contributed by atoms with E-state index in [4.69, 9.17) is 12.2 Å². The maximum Gasteiger partial charge on any atom is 0.270 e. The Labute approximate surface area is 188 Å². The number of fused-ring (bicyclic) bond motifs is 1. The van der Waals surface area contributed by atoms with Crippen molar-refractivity contribution in [2.75, 3.05) is 16.8 Å². The number of nitrogens with zero attached hydrogens (tertiary/aromatic N) is 2. The van der Waals surface area contributed by atoms with E-state index in [-0.39, 0.29) is 16.2 Å². The molecule has 2 amide bonds. The molecule has 1 N–H and O–H groups in total. The molecule has 2 aliphatic rings. The van der Waals surface area contributed by atoms with Crippen molar-refractivity contribution in [2.24, 2.45) is 0 Å². The van der Waals surface area contributed by atoms with Gasteiger partial charge in [-0.15, -0.1) is 0 Å². The van der Waals surface area contributed by atoms with E-state index in [1.54, 1.807) is 6.08 Å². The SMILES string of the molecule is Cc1cccc(N2C(=O)/C(=C\c3ccc4c(c3)C(C)CC(C)(C)N4C)C(=O)NC2=S)c1. The molecule has 1 atom stereocenters. The van der Waals surface area contributed by atoms with Crippen molar-refractivity contribution in [1.29, 1.82) is 0 Å². The van der Waals surface area contributed by atoms with Gasteiger partial charge in [-0.2, -0.15) is 0 Å². The summed E-state index contributed by atoms with van der Waals surface area (Å²) in [6.45, 7) is 8.66. The van der Waals surface area contributed by atoms with Crippen LogP contribution in [0.15, 0.2) is 48.0 Å². The lowest BCUT2D eigenvalue weighted by Crippen LogP contribution is -2.54. The van der Waals surface area contributed by atoms with Gasteiger partial charge in [-0.1, -0.05) is 25.1 Å². The standard InChI is InChI=1S/C25H27N3O2S/c1-15-7-6-8-18(11-15)28-23(30)20(22(29)26-24(28)31)13-17-9-10-21-19(12-17)16(2)14-25(3,4)27(21)5/h6-13,16H,14H2,1-5H3,(H,26,29,31)/b20-13-. The number of thiocarbonyl (C=S) groups is 1. The van der Waals surface area contributed by atoms with Crippen LogP contribution in [0.3, 0.4) is 0 Å². The maximum absolute atomic E-state index is 13.3. The fourth-order valence-electron chi connectivity index (χ4n) is 4.51. The van der Waals surface area contributed by atoms with Crippen molar-refractivity contribution in [2.45, 2.75) is 45.6 Å². The van der Waals surface area contributed by atoms with Gasteiger partial charge in [0.25, 0.3) is 11.8 Å². The van der Waals surface area contributed by atoms with E-state index in [2.05, 4.69) is 50.2 Å². The summed E-state index contributed by atoms with van der Waals surface area (Å²) in [6.07, 6.45) is 2.69. The summed E-state index contributed by atoms with van der Waals surface area (Å²) < 4.78 is 0. The fourth-order valence-corrected chi connectivity index (χ4v) is 4.79. The lowest BCUT2D eigenvalue weighted by Gasteiger charge is -2.45. The molecule has 1 unspecified atom stereocenters. The van der Waals surface area contributed by atoms with E-state index in [0.717, 1.165) is 17.5 Å². The van der Waals surface area contributed by atoms with Crippen LogP contribution < -0.4 is 15.1 Å². The van der Waals surface area contributed by atoms with Crippen molar-refractivity contribution >= 4 is 46.6 Å². The third kappa shape index (κ3) is 3.76. The van der Waals surface area contributed by atoms with Crippen LogP contribution in [0.5, 0.6) is 0 Å². The average Bonchev–Trinajstić information content (AvgIpc) is 2.69. The Morgan fingerprint density at radius 2 is 1.90 bits per heavy atom. The second-order valence-electron chi connectivity index (χ2n) is 9.09. The molecule has 31 heavy (non-hydrogen) atoms. The van der Waals surface area contributed by atoms with Crippen LogP contribution in [0, 0.1) is 6.92 Å². The van der Waals surface area contributed by atoms with Gasteiger partial charge in [-0.25, -0.2) is 0 Å². The average molecular weight is 434 g/mol. The predicted octanol–water partition coefficient (Wildman–Crippen LogP) is 4.55. The summed E-state index contributed by atoms with van der Waals surface area (Å²) in [5, 5.41) is 2.76. The second-order valence-corrected chi connectivity index (χ2v) is 9.48. The van der Waals surface area contributed by atoms with Gasteiger partial charge in [0, 0.05) is 18.3 Å². The number of amides is 2. The normalized spacial score (nSPS) is 21.9. The number of carbonyl (C=O) groups excluding carboxylic acids is 2. The number of aryl methyl sites for hydroxylation is 1. The molecule has 4 rings (SSSR count). The number of hydrogen-bond acceptors (Lipinski definition) is 4. The van der Waals surface area contributed by atoms with Crippen LogP contribution >= 0.6 is 12.2 Å². The third-order valence-corrected chi connectivity index (χ3v) is 6.61. The summed E-state index contributed by atoms with van der Waals surface area (Å²) in [7, 11) is 2.11. The molecule has 1 saturated heterocycles. The first kappa shape index (κ1) is 21.2. The monoisotopic (exact) mass is 433 g/mol. The molecular formula is C25H27N3O2S. The molecule has 6 heteroatoms. The first-order valence-corrected chi connectivity index (χ1v) is 10.9. The highest BCUT2D eigenvalue weighted by Gasteiger charge is 2.36. The van der Waals surface area contributed by atoms with Gasteiger partial charge in [0.2, 0.25) is 0 Å². The van der Waals surface area contributed by atoms with Gasteiger partial charge in [0.05, 0.1) is 5.69 Å². The molecule has 2 aliphatic heterocycles. The van der Waals surface area contributed by atoms with Crippen LogP contribution in [-0.4, -0.2) is 29.5 Å². The zero-order valence-corrected chi connectivity index (χ0v) is 19.3. The molecule has 2 heterocycles. The topological polar surface area (TPSA) is 52.7 Å². The number of hydrogen-bond donors (Lipinski definition) is 1. The maximum atomic E-state index is 13.3. The van der Waals surface area contributed by atoms with E-state index in [9.17, 15) is 9.59 Å². The van der Waals surface area contributed by atoms with E-state index < -0.39 is 11.8 Å². The summed E-state index contributed by atoms with van der Waals surface area (Å²) in [5.41, 5.74) is 5.05. The smallest absolute Gasteiger partial charge is 0.270 e. The molecule has 2 aromatic carbocycles. The fraction of sp³-hybridized carbons (Fsp3) is 0.320. The molecule has 1 fully saturated rings. The highest BCUT2D eigenvalue weighted by molar-refractivity contribution is 7.80. The summed E-state index contributed by atoms with van der Waals surface area (Å²) in [6, 6.07) is 13.6. The van der Waals surface area contributed by atoms with E-state index in [1.807, 2.05) is 37.3 Å². The van der Waals surface area contributed by atoms with Crippen molar-refractivity contribution in [3.63, 3.8) is 0 Å². The van der Waals surface area contributed by atoms with Gasteiger partial charge in [0.15, 0.2) is 5.11 Å². The van der Waals surface area contributed by atoms with Gasteiger partial charge >= 0.3 is 0 Å². The first-order valence-electron chi connectivity index (χ1n) is 10.4. The number of anilines is 2.